The predicted molar refractivity (Wildman–Crippen MR) is 140 cm³/mol. The Morgan fingerprint density at radius 1 is 0.972 bits per heavy atom. The Labute approximate surface area is 217 Å². The van der Waals surface area contributed by atoms with Crippen molar-refractivity contribution >= 4 is 0 Å². The van der Waals surface area contributed by atoms with Gasteiger partial charge in [-0.05, 0) is 97.7 Å². The Morgan fingerprint density at radius 3 is 2.17 bits per heavy atom. The van der Waals surface area contributed by atoms with Gasteiger partial charge in [0.05, 0.1) is 36.1 Å². The van der Waals surface area contributed by atoms with Crippen LogP contribution in [0.1, 0.15) is 93.4 Å². The quantitative estimate of drug-likeness (QED) is 0.317. The molecule has 208 valence electrons. The van der Waals surface area contributed by atoms with Crippen LogP contribution in [0.3, 0.4) is 0 Å². The van der Waals surface area contributed by atoms with E-state index in [2.05, 4.69) is 41.2 Å². The van der Waals surface area contributed by atoms with E-state index in [1.807, 2.05) is 0 Å². The molecule has 0 bridgehead atoms. The van der Waals surface area contributed by atoms with Gasteiger partial charge in [-0.15, -0.1) is 0 Å². The SMILES string of the molecule is C=C(C)[C@@H](O)CC(O)[C@](C)(O)[C@H]1CC[C@]2(C)[C@@H]1[C@H](O)C[C@@H]1[C@@]3(C)CC[C@H](O)C(C)(C)[C@@H]3[C@@H](O)C[C@]12C. The third-order valence-corrected chi connectivity index (χ3v) is 12.7. The summed E-state index contributed by atoms with van der Waals surface area (Å²) < 4.78 is 0. The monoisotopic (exact) mass is 508 g/mol. The summed E-state index contributed by atoms with van der Waals surface area (Å²) in [5.41, 5.74) is -2.13. The minimum absolute atomic E-state index is 0.00807. The van der Waals surface area contributed by atoms with E-state index in [1.165, 1.54) is 0 Å². The van der Waals surface area contributed by atoms with Gasteiger partial charge in [-0.2, -0.15) is 0 Å². The van der Waals surface area contributed by atoms with Gasteiger partial charge in [-0.25, -0.2) is 0 Å². The summed E-state index contributed by atoms with van der Waals surface area (Å²) in [4.78, 5) is 0. The average Bonchev–Trinajstić information content (AvgIpc) is 3.13. The molecule has 0 radical (unpaired) electrons. The Bertz CT molecular complexity index is 870. The third kappa shape index (κ3) is 3.72. The van der Waals surface area contributed by atoms with Crippen molar-refractivity contribution < 1.29 is 30.6 Å². The zero-order chi connectivity index (χ0) is 27.2. The lowest BCUT2D eigenvalue weighted by atomic mass is 9.34. The molecule has 0 spiro atoms. The second-order valence-electron chi connectivity index (χ2n) is 14.8. The van der Waals surface area contributed by atoms with Crippen LogP contribution >= 0.6 is 0 Å². The van der Waals surface area contributed by atoms with Gasteiger partial charge in [0, 0.05) is 6.42 Å². The van der Waals surface area contributed by atoms with Gasteiger partial charge in [0.15, 0.2) is 0 Å². The molecule has 0 aromatic heterocycles. The molecule has 0 aromatic rings. The number of aliphatic hydroxyl groups excluding tert-OH is 5. The van der Waals surface area contributed by atoms with Crippen LogP contribution < -0.4 is 0 Å². The van der Waals surface area contributed by atoms with E-state index in [0.717, 1.165) is 12.8 Å². The summed E-state index contributed by atoms with van der Waals surface area (Å²) in [5.74, 6) is -0.417. The summed E-state index contributed by atoms with van der Waals surface area (Å²) >= 11 is 0. The minimum atomic E-state index is -1.47. The maximum absolute atomic E-state index is 11.8. The lowest BCUT2D eigenvalue weighted by Gasteiger charge is -2.71. The van der Waals surface area contributed by atoms with Gasteiger partial charge in [0.25, 0.3) is 0 Å². The molecular weight excluding hydrogens is 456 g/mol. The van der Waals surface area contributed by atoms with Crippen LogP contribution in [0.5, 0.6) is 0 Å². The van der Waals surface area contributed by atoms with Crippen LogP contribution in [-0.4, -0.2) is 66.8 Å². The number of hydrogen-bond donors (Lipinski definition) is 6. The van der Waals surface area contributed by atoms with Crippen molar-refractivity contribution in [1.29, 1.82) is 0 Å². The van der Waals surface area contributed by atoms with Crippen molar-refractivity contribution in [2.75, 3.05) is 0 Å². The van der Waals surface area contributed by atoms with E-state index in [1.54, 1.807) is 13.8 Å². The van der Waals surface area contributed by atoms with Crippen LogP contribution in [0.15, 0.2) is 12.2 Å². The molecular formula is C30H52O6. The summed E-state index contributed by atoms with van der Waals surface area (Å²) in [5, 5.41) is 67.3. The van der Waals surface area contributed by atoms with Crippen LogP contribution in [-0.2, 0) is 0 Å². The molecule has 6 N–H and O–H groups in total. The molecule has 1 unspecified atom stereocenters. The molecule has 4 rings (SSSR count). The van der Waals surface area contributed by atoms with Crippen LogP contribution in [0.2, 0.25) is 0 Å². The number of aliphatic hydroxyl groups is 6. The topological polar surface area (TPSA) is 121 Å². The van der Waals surface area contributed by atoms with Gasteiger partial charge < -0.3 is 30.6 Å². The molecule has 6 heteroatoms. The van der Waals surface area contributed by atoms with Gasteiger partial charge in [-0.1, -0.05) is 46.8 Å². The second kappa shape index (κ2) is 8.76. The average molecular weight is 509 g/mol. The van der Waals surface area contributed by atoms with Crippen LogP contribution in [0.4, 0.5) is 0 Å². The highest BCUT2D eigenvalue weighted by atomic mass is 16.3. The maximum Gasteiger partial charge on any atom is 0.0910 e. The van der Waals surface area contributed by atoms with E-state index >= 15 is 0 Å². The zero-order valence-corrected chi connectivity index (χ0v) is 23.5. The van der Waals surface area contributed by atoms with Crippen molar-refractivity contribution in [2.45, 2.75) is 130 Å². The van der Waals surface area contributed by atoms with Crippen molar-refractivity contribution in [1.82, 2.24) is 0 Å². The summed E-state index contributed by atoms with van der Waals surface area (Å²) in [6, 6.07) is 0. The molecule has 0 heterocycles. The molecule has 4 aliphatic carbocycles. The zero-order valence-electron chi connectivity index (χ0n) is 23.5. The van der Waals surface area contributed by atoms with Crippen LogP contribution in [0.25, 0.3) is 0 Å². The predicted octanol–water partition coefficient (Wildman–Crippen LogP) is 3.41. The van der Waals surface area contributed by atoms with Gasteiger partial charge in [0.1, 0.15) is 0 Å². The first-order chi connectivity index (χ1) is 16.4. The standard InChI is InChI=1S/C30H52O6/c1-16(2)18(31)14-23(35)30(8,36)17-9-12-28(6)24(17)19(32)13-21-27(5)11-10-22(34)26(3,4)25(27)20(33)15-29(21,28)7/h17-25,31-36H,1,9-15H2,2-8H3/t17-,18-,19+,20-,21+,22-,23?,24-,25-,27+,28+,29+,30+/m0/s1. The Balaban J connectivity index is 1.70. The number of hydrogen-bond acceptors (Lipinski definition) is 6. The van der Waals surface area contributed by atoms with E-state index in [4.69, 9.17) is 0 Å². The number of fused-ring (bicyclic) bond motifs is 5. The Kier molecular flexibility index (Phi) is 6.93. The van der Waals surface area contributed by atoms with E-state index in [-0.39, 0.29) is 46.3 Å². The van der Waals surface area contributed by atoms with Gasteiger partial charge in [0.2, 0.25) is 0 Å². The molecule has 0 saturated heterocycles. The molecule has 36 heavy (non-hydrogen) atoms. The summed E-state index contributed by atoms with van der Waals surface area (Å²) in [7, 11) is 0. The van der Waals surface area contributed by atoms with Crippen molar-refractivity contribution in [3.8, 4) is 0 Å². The van der Waals surface area contributed by atoms with E-state index < -0.39 is 41.5 Å². The van der Waals surface area contributed by atoms with Gasteiger partial charge in [-0.3, -0.25) is 0 Å². The highest BCUT2D eigenvalue weighted by Gasteiger charge is 2.73. The maximum atomic E-state index is 11.8. The lowest BCUT2D eigenvalue weighted by molar-refractivity contribution is -0.276. The first-order valence-corrected chi connectivity index (χ1v) is 14.1. The summed E-state index contributed by atoms with van der Waals surface area (Å²) in [6.45, 7) is 18.1. The first kappa shape index (κ1) is 28.5. The lowest BCUT2D eigenvalue weighted by Crippen LogP contribution is -2.70. The number of rotatable bonds is 5. The minimum Gasteiger partial charge on any atom is -0.393 e. The Hall–Kier alpha value is -0.500. The van der Waals surface area contributed by atoms with Crippen LogP contribution in [0, 0.1) is 45.3 Å². The smallest absolute Gasteiger partial charge is 0.0910 e. The molecule has 0 aromatic carbocycles. The third-order valence-electron chi connectivity index (χ3n) is 12.7. The van der Waals surface area contributed by atoms with E-state index in [0.29, 0.717) is 31.3 Å². The molecule has 13 atom stereocenters. The van der Waals surface area contributed by atoms with E-state index in [9.17, 15) is 30.6 Å². The van der Waals surface area contributed by atoms with Gasteiger partial charge >= 0.3 is 0 Å². The highest BCUT2D eigenvalue weighted by Crippen LogP contribution is 2.75. The molecule has 6 nitrogen and oxygen atoms in total. The fourth-order valence-electron chi connectivity index (χ4n) is 10.5. The van der Waals surface area contributed by atoms with Crippen molar-refractivity contribution in [3.63, 3.8) is 0 Å². The molecule has 4 aliphatic rings. The largest absolute Gasteiger partial charge is 0.393 e. The molecule has 4 saturated carbocycles. The fraction of sp³-hybridized carbons (Fsp3) is 0.933. The normalized spacial score (nSPS) is 51.3. The second-order valence-corrected chi connectivity index (χ2v) is 14.8. The molecule has 4 fully saturated rings. The first-order valence-electron chi connectivity index (χ1n) is 14.1. The summed E-state index contributed by atoms with van der Waals surface area (Å²) in [6.07, 6.45) is 0.544. The Morgan fingerprint density at radius 2 is 1.58 bits per heavy atom. The van der Waals surface area contributed by atoms with Crippen molar-refractivity contribution in [3.05, 3.63) is 12.2 Å². The highest BCUT2D eigenvalue weighted by molar-refractivity contribution is 5.22. The molecule has 0 aliphatic heterocycles. The fourth-order valence-corrected chi connectivity index (χ4v) is 10.5. The molecule has 0 amide bonds. The van der Waals surface area contributed by atoms with Crippen molar-refractivity contribution in [2.24, 2.45) is 45.3 Å².